The fraction of sp³-hybridized carbons (Fsp3) is 0.429. The highest BCUT2D eigenvalue weighted by Gasteiger charge is 2.24. The van der Waals surface area contributed by atoms with Gasteiger partial charge in [0.05, 0.1) is 17.6 Å². The van der Waals surface area contributed by atoms with Crippen LogP contribution in [0, 0.1) is 0 Å². The van der Waals surface area contributed by atoms with Crippen LogP contribution in [0.5, 0.6) is 0 Å². The lowest BCUT2D eigenvalue weighted by Crippen LogP contribution is -2.41. The maximum absolute atomic E-state index is 12.8. The molecule has 0 spiro atoms. The summed E-state index contributed by atoms with van der Waals surface area (Å²) >= 11 is 0. The Kier molecular flexibility index (Phi) is 6.23. The molecule has 0 fully saturated rings. The molecule has 1 aromatic heterocycles. The fourth-order valence-electron chi connectivity index (χ4n) is 3.41. The number of esters is 1. The van der Waals surface area contributed by atoms with Crippen molar-refractivity contribution in [3.63, 3.8) is 0 Å². The molecule has 0 aliphatic heterocycles. The molecule has 0 radical (unpaired) electrons. The van der Waals surface area contributed by atoms with Crippen LogP contribution in [-0.4, -0.2) is 42.0 Å². The highest BCUT2D eigenvalue weighted by Crippen LogP contribution is 2.29. The number of aromatic nitrogens is 1. The molecule has 0 saturated carbocycles. The molecular weight excluding hydrogens is 358 g/mol. The SMILES string of the molecule is CC(C)NC(=O)CNC(=O)COC(=O)c1c2c(nc3ccccc13)CCCC2. The highest BCUT2D eigenvalue weighted by atomic mass is 16.5. The molecule has 0 unspecified atom stereocenters. The van der Waals surface area contributed by atoms with E-state index in [1.165, 1.54) is 0 Å². The van der Waals surface area contributed by atoms with Gasteiger partial charge in [-0.3, -0.25) is 14.6 Å². The van der Waals surface area contributed by atoms with Gasteiger partial charge in [-0.2, -0.15) is 0 Å². The number of pyridine rings is 1. The minimum atomic E-state index is -0.529. The molecule has 148 valence electrons. The van der Waals surface area contributed by atoms with Crippen LogP contribution in [0.2, 0.25) is 0 Å². The summed E-state index contributed by atoms with van der Waals surface area (Å²) in [5, 5.41) is 5.87. The Labute approximate surface area is 163 Å². The number of carbonyl (C=O) groups is 3. The van der Waals surface area contributed by atoms with Crippen molar-refractivity contribution in [1.82, 2.24) is 15.6 Å². The largest absolute Gasteiger partial charge is 0.452 e. The highest BCUT2D eigenvalue weighted by molar-refractivity contribution is 6.05. The summed E-state index contributed by atoms with van der Waals surface area (Å²) in [5.74, 6) is -1.33. The van der Waals surface area contributed by atoms with Gasteiger partial charge in [0, 0.05) is 17.1 Å². The first-order valence-corrected chi connectivity index (χ1v) is 9.59. The second kappa shape index (κ2) is 8.82. The van der Waals surface area contributed by atoms with Crippen molar-refractivity contribution in [3.05, 3.63) is 41.1 Å². The molecule has 1 aliphatic rings. The molecule has 1 aromatic carbocycles. The Morgan fingerprint density at radius 2 is 1.86 bits per heavy atom. The molecule has 1 aliphatic carbocycles. The number of ether oxygens (including phenoxy) is 1. The summed E-state index contributed by atoms with van der Waals surface area (Å²) in [4.78, 5) is 41.0. The van der Waals surface area contributed by atoms with Crippen molar-refractivity contribution in [3.8, 4) is 0 Å². The van der Waals surface area contributed by atoms with Gasteiger partial charge in [-0.25, -0.2) is 4.79 Å². The zero-order valence-corrected chi connectivity index (χ0v) is 16.2. The Balaban J connectivity index is 1.70. The molecule has 0 atom stereocenters. The van der Waals surface area contributed by atoms with Gasteiger partial charge in [0.2, 0.25) is 5.91 Å². The first kappa shape index (κ1) is 19.8. The third kappa shape index (κ3) is 4.65. The van der Waals surface area contributed by atoms with Crippen LogP contribution >= 0.6 is 0 Å². The maximum Gasteiger partial charge on any atom is 0.339 e. The molecule has 3 rings (SSSR count). The second-order valence-corrected chi connectivity index (χ2v) is 7.21. The van der Waals surface area contributed by atoms with E-state index in [2.05, 4.69) is 10.6 Å². The first-order chi connectivity index (χ1) is 13.5. The van der Waals surface area contributed by atoms with E-state index in [-0.39, 0.29) is 18.5 Å². The molecule has 7 heteroatoms. The van der Waals surface area contributed by atoms with E-state index in [0.717, 1.165) is 47.8 Å². The standard InChI is InChI=1S/C21H25N3O4/c1-13(2)23-18(25)11-22-19(26)12-28-21(27)20-14-7-3-5-9-16(14)24-17-10-6-4-8-15(17)20/h3,5,7,9,13H,4,6,8,10-12H2,1-2H3,(H,22,26)(H,23,25). The van der Waals surface area contributed by atoms with Gasteiger partial charge in [0.25, 0.3) is 5.91 Å². The number of carbonyl (C=O) groups excluding carboxylic acids is 3. The van der Waals surface area contributed by atoms with Crippen molar-refractivity contribution >= 4 is 28.7 Å². The van der Waals surface area contributed by atoms with Crippen molar-refractivity contribution in [2.24, 2.45) is 0 Å². The topological polar surface area (TPSA) is 97.4 Å². The van der Waals surface area contributed by atoms with Crippen LogP contribution in [0.15, 0.2) is 24.3 Å². The molecular formula is C21H25N3O4. The second-order valence-electron chi connectivity index (χ2n) is 7.21. The fourth-order valence-corrected chi connectivity index (χ4v) is 3.41. The smallest absolute Gasteiger partial charge is 0.339 e. The van der Waals surface area contributed by atoms with Gasteiger partial charge in [-0.1, -0.05) is 18.2 Å². The molecule has 0 saturated heterocycles. The lowest BCUT2D eigenvalue weighted by Gasteiger charge is -2.19. The lowest BCUT2D eigenvalue weighted by molar-refractivity contribution is -0.128. The minimum Gasteiger partial charge on any atom is -0.452 e. The average molecular weight is 383 g/mol. The molecule has 7 nitrogen and oxygen atoms in total. The molecule has 2 aromatic rings. The number of rotatable bonds is 6. The van der Waals surface area contributed by atoms with Crippen LogP contribution in [0.4, 0.5) is 0 Å². The minimum absolute atomic E-state index is 0.00613. The maximum atomic E-state index is 12.8. The van der Waals surface area contributed by atoms with Crippen molar-refractivity contribution in [2.45, 2.75) is 45.6 Å². The number of fused-ring (bicyclic) bond motifs is 2. The number of benzene rings is 1. The first-order valence-electron chi connectivity index (χ1n) is 9.59. The van der Waals surface area contributed by atoms with Gasteiger partial charge in [-0.15, -0.1) is 0 Å². The summed E-state index contributed by atoms with van der Waals surface area (Å²) in [6.07, 6.45) is 3.66. The molecule has 28 heavy (non-hydrogen) atoms. The Morgan fingerprint density at radius 3 is 2.64 bits per heavy atom. The van der Waals surface area contributed by atoms with E-state index < -0.39 is 18.5 Å². The van der Waals surface area contributed by atoms with Crippen LogP contribution in [0.3, 0.4) is 0 Å². The summed E-state index contributed by atoms with van der Waals surface area (Å²) in [6.45, 7) is 3.09. The zero-order valence-electron chi connectivity index (χ0n) is 16.2. The van der Waals surface area contributed by atoms with Crippen LogP contribution in [0.1, 0.15) is 48.3 Å². The van der Waals surface area contributed by atoms with E-state index in [1.54, 1.807) is 0 Å². The molecule has 0 bridgehead atoms. The Bertz CT molecular complexity index is 908. The van der Waals surface area contributed by atoms with E-state index in [0.29, 0.717) is 5.56 Å². The van der Waals surface area contributed by atoms with Crippen molar-refractivity contribution < 1.29 is 19.1 Å². The predicted molar refractivity (Wildman–Crippen MR) is 105 cm³/mol. The van der Waals surface area contributed by atoms with Crippen LogP contribution in [-0.2, 0) is 27.2 Å². The third-order valence-electron chi connectivity index (χ3n) is 4.60. The number of amides is 2. The summed E-state index contributed by atoms with van der Waals surface area (Å²) < 4.78 is 5.27. The molecule has 2 amide bonds. The quantitative estimate of drug-likeness (QED) is 0.743. The number of hydrogen-bond acceptors (Lipinski definition) is 5. The third-order valence-corrected chi connectivity index (χ3v) is 4.60. The van der Waals surface area contributed by atoms with Gasteiger partial charge >= 0.3 is 5.97 Å². The summed E-state index contributed by atoms with van der Waals surface area (Å²) in [6, 6.07) is 7.46. The average Bonchev–Trinajstić information content (AvgIpc) is 2.68. The van der Waals surface area contributed by atoms with Gasteiger partial charge < -0.3 is 15.4 Å². The number of aryl methyl sites for hydroxylation is 1. The van der Waals surface area contributed by atoms with Crippen LogP contribution in [0.25, 0.3) is 10.9 Å². The lowest BCUT2D eigenvalue weighted by atomic mass is 9.90. The monoisotopic (exact) mass is 383 g/mol. The summed E-state index contributed by atoms with van der Waals surface area (Å²) in [5.41, 5.74) is 3.12. The predicted octanol–water partition coefficient (Wildman–Crippen LogP) is 1.91. The van der Waals surface area contributed by atoms with Gasteiger partial charge in [-0.05, 0) is 51.2 Å². The van der Waals surface area contributed by atoms with E-state index in [1.807, 2.05) is 38.1 Å². The zero-order chi connectivity index (χ0) is 20.1. The van der Waals surface area contributed by atoms with E-state index in [4.69, 9.17) is 9.72 Å². The number of hydrogen-bond donors (Lipinski definition) is 2. The number of para-hydroxylation sites is 1. The van der Waals surface area contributed by atoms with Gasteiger partial charge in [0.1, 0.15) is 0 Å². The molecule has 1 heterocycles. The Morgan fingerprint density at radius 1 is 1.11 bits per heavy atom. The van der Waals surface area contributed by atoms with E-state index in [9.17, 15) is 14.4 Å². The Hall–Kier alpha value is -2.96. The molecule has 2 N–H and O–H groups in total. The van der Waals surface area contributed by atoms with Gasteiger partial charge in [0.15, 0.2) is 6.61 Å². The van der Waals surface area contributed by atoms with E-state index >= 15 is 0 Å². The summed E-state index contributed by atoms with van der Waals surface area (Å²) in [7, 11) is 0. The normalized spacial score (nSPS) is 13.1. The van der Waals surface area contributed by atoms with Crippen molar-refractivity contribution in [2.75, 3.05) is 13.2 Å². The van der Waals surface area contributed by atoms with Crippen molar-refractivity contribution in [1.29, 1.82) is 0 Å². The van der Waals surface area contributed by atoms with Crippen LogP contribution < -0.4 is 10.6 Å². The number of nitrogens with one attached hydrogen (secondary N) is 2. The number of nitrogens with zero attached hydrogens (tertiary/aromatic N) is 1.